The molecule has 0 saturated heterocycles. The van der Waals surface area contributed by atoms with Gasteiger partial charge in [0, 0.05) is 45.8 Å². The molecule has 36 nitrogen and oxygen atoms in total. The predicted molar refractivity (Wildman–Crippen MR) is 332 cm³/mol. The van der Waals surface area contributed by atoms with Crippen molar-refractivity contribution in [2.45, 2.75) is 165 Å². The summed E-state index contributed by atoms with van der Waals surface area (Å²) in [7, 11) is 4.54. The first-order valence-corrected chi connectivity index (χ1v) is 31.5. The first-order chi connectivity index (χ1) is 44.6. The Morgan fingerprint density at radius 2 is 0.839 bits per heavy atom. The van der Waals surface area contributed by atoms with Crippen LogP contribution in [0.5, 0.6) is 0 Å². The number of aromatic nitrogens is 4. The fourth-order valence-corrected chi connectivity index (χ4v) is 8.60. The van der Waals surface area contributed by atoms with Gasteiger partial charge in [0.25, 0.3) is 0 Å². The molecule has 0 radical (unpaired) electrons. The zero-order valence-electron chi connectivity index (χ0n) is 54.0. The highest BCUT2D eigenvalue weighted by Gasteiger charge is 2.34. The van der Waals surface area contributed by atoms with Crippen molar-refractivity contribution in [1.29, 1.82) is 0 Å². The van der Waals surface area contributed by atoms with Crippen LogP contribution in [0.25, 0.3) is 0 Å². The summed E-state index contributed by atoms with van der Waals surface area (Å²) in [4.78, 5) is 154. The number of nitrogens with two attached hydrogens (primary N) is 2. The first-order valence-electron chi connectivity index (χ1n) is 31.5. The zero-order chi connectivity index (χ0) is 69.0. The van der Waals surface area contributed by atoms with E-state index in [4.69, 9.17) is 30.4 Å². The van der Waals surface area contributed by atoms with Gasteiger partial charge in [0.2, 0.25) is 70.9 Å². The van der Waals surface area contributed by atoms with Crippen LogP contribution in [-0.4, -0.2) is 268 Å². The number of primary amides is 2. The summed E-state index contributed by atoms with van der Waals surface area (Å²) in [6.07, 6.45) is 14.9. The van der Waals surface area contributed by atoms with Crippen LogP contribution in [-0.2, 0) is 82.9 Å². The molecule has 0 saturated carbocycles. The van der Waals surface area contributed by atoms with Gasteiger partial charge in [-0.1, -0.05) is 75.8 Å². The van der Waals surface area contributed by atoms with Gasteiger partial charge in [-0.25, -0.2) is 0 Å². The Morgan fingerprint density at radius 3 is 1.27 bits per heavy atom. The molecule has 0 spiro atoms. The van der Waals surface area contributed by atoms with Crippen molar-refractivity contribution in [3.63, 3.8) is 0 Å². The highest BCUT2D eigenvalue weighted by atomic mass is 16.5. The van der Waals surface area contributed by atoms with E-state index in [2.05, 4.69) is 73.8 Å². The topological polar surface area (TPSA) is 532 Å². The highest BCUT2D eigenvalue weighted by molar-refractivity contribution is 5.97. The zero-order valence-corrected chi connectivity index (χ0v) is 54.0. The summed E-state index contributed by atoms with van der Waals surface area (Å²) in [5, 5.41) is 67.4. The number of aryl methyl sites for hydroxylation is 1. The van der Waals surface area contributed by atoms with Crippen LogP contribution in [0, 0.1) is 0 Å². The maximum atomic E-state index is 13.7. The molecule has 1 heterocycles. The number of H-pyrrole nitrogens is 1. The predicted octanol–water partition coefficient (Wildman–Crippen LogP) is -6.27. The van der Waals surface area contributed by atoms with Crippen molar-refractivity contribution in [3.05, 3.63) is 5.82 Å². The molecule has 6 atom stereocenters. The minimum Gasteiger partial charge on any atom is -0.394 e. The van der Waals surface area contributed by atoms with Gasteiger partial charge in [0.1, 0.15) is 49.5 Å². The van der Waals surface area contributed by atoms with Gasteiger partial charge in [-0.05, 0) is 52.7 Å². The van der Waals surface area contributed by atoms with E-state index in [1.807, 2.05) is 0 Å². The van der Waals surface area contributed by atoms with Gasteiger partial charge in [-0.15, -0.1) is 10.2 Å². The number of nitrogens with one attached hydrogen (secondary N) is 11. The summed E-state index contributed by atoms with van der Waals surface area (Å²) in [5.74, 6) is -9.25. The molecule has 1 rings (SSSR count). The summed E-state index contributed by atoms with van der Waals surface area (Å²) in [6.45, 7) is -2.76. The van der Waals surface area contributed by atoms with Crippen LogP contribution in [0.15, 0.2) is 0 Å². The summed E-state index contributed by atoms with van der Waals surface area (Å²) in [5.41, 5.74) is 10.5. The van der Waals surface area contributed by atoms with Crippen LogP contribution < -0.4 is 64.6 Å². The summed E-state index contributed by atoms with van der Waals surface area (Å²) >= 11 is 0. The Labute approximate surface area is 541 Å². The summed E-state index contributed by atoms with van der Waals surface area (Å²) in [6, 6.07) is -9.65. The number of carbonyl (C=O) groups is 12. The number of carbonyl (C=O) groups excluding carboxylic acids is 12. The molecule has 0 aromatic carbocycles. The van der Waals surface area contributed by atoms with E-state index in [9.17, 15) is 72.9 Å². The third-order valence-electron chi connectivity index (χ3n) is 13.8. The molecule has 0 aliphatic carbocycles. The fourth-order valence-electron chi connectivity index (χ4n) is 8.60. The van der Waals surface area contributed by atoms with E-state index >= 15 is 0 Å². The van der Waals surface area contributed by atoms with Crippen molar-refractivity contribution in [2.75, 3.05) is 120 Å². The highest BCUT2D eigenvalue weighted by Crippen LogP contribution is 2.14. The third-order valence-corrected chi connectivity index (χ3v) is 13.8. The molecule has 93 heavy (non-hydrogen) atoms. The van der Waals surface area contributed by atoms with E-state index in [-0.39, 0.29) is 77.4 Å². The molecule has 1 aromatic rings. The molecule has 0 unspecified atom stereocenters. The van der Waals surface area contributed by atoms with Gasteiger partial charge in [0.05, 0.1) is 66.0 Å². The number of nitrogens with zero attached hydrogens (tertiary/aromatic N) is 4. The Morgan fingerprint density at radius 1 is 0.452 bits per heavy atom. The van der Waals surface area contributed by atoms with Crippen molar-refractivity contribution in [2.24, 2.45) is 11.5 Å². The Balaban J connectivity index is 2.36. The maximum absolute atomic E-state index is 13.7. The molecule has 0 aliphatic heterocycles. The number of aliphatic hydroxyl groups is 3. The van der Waals surface area contributed by atoms with Gasteiger partial charge in [-0.3, -0.25) is 57.5 Å². The van der Waals surface area contributed by atoms with E-state index < -0.39 is 148 Å². The lowest BCUT2D eigenvalue weighted by Gasteiger charge is -2.27. The Hall–Kier alpha value is -7.61. The number of likely N-dealkylation sites (N-methyl/N-ethyl adjacent to an activating group) is 1. The summed E-state index contributed by atoms with van der Waals surface area (Å²) < 4.78 is 21.4. The second kappa shape index (κ2) is 52.8. The van der Waals surface area contributed by atoms with Crippen LogP contribution in [0.4, 0.5) is 0 Å². The molecule has 0 fully saturated rings. The van der Waals surface area contributed by atoms with Gasteiger partial charge in [-0.2, -0.15) is 5.21 Å². The second-order valence-corrected chi connectivity index (χ2v) is 21.9. The van der Waals surface area contributed by atoms with Crippen molar-refractivity contribution < 1.29 is 91.8 Å². The number of unbranched alkanes of at least 4 members (excludes halogenated alkanes) is 12. The van der Waals surface area contributed by atoms with Crippen LogP contribution in [0.1, 0.15) is 128 Å². The number of aromatic amines is 1. The molecular formula is C57H103N17O19. The van der Waals surface area contributed by atoms with Crippen LogP contribution >= 0.6 is 0 Å². The number of amides is 12. The van der Waals surface area contributed by atoms with Crippen molar-refractivity contribution >= 4 is 70.9 Å². The van der Waals surface area contributed by atoms with E-state index in [0.29, 0.717) is 19.6 Å². The fraction of sp³-hybridized carbons (Fsp3) is 0.772. The molecule has 1 aromatic heterocycles. The third kappa shape index (κ3) is 43.0. The lowest BCUT2D eigenvalue weighted by molar-refractivity contribution is -0.136. The normalized spacial score (nSPS) is 13.0. The second-order valence-electron chi connectivity index (χ2n) is 21.9. The number of hydrogen-bond donors (Lipinski definition) is 16. The quantitative estimate of drug-likeness (QED) is 0.0270. The van der Waals surface area contributed by atoms with E-state index in [1.165, 1.54) is 64.8 Å². The minimum atomic E-state index is -1.82. The Bertz CT molecular complexity index is 2360. The van der Waals surface area contributed by atoms with Crippen molar-refractivity contribution in [1.82, 2.24) is 78.7 Å². The average Bonchev–Trinajstić information content (AvgIpc) is 1.83. The minimum absolute atomic E-state index is 0.00282. The maximum Gasteiger partial charge on any atom is 0.246 e. The molecule has 530 valence electrons. The largest absolute Gasteiger partial charge is 0.394 e. The van der Waals surface area contributed by atoms with Gasteiger partial charge >= 0.3 is 0 Å². The molecule has 18 N–H and O–H groups in total. The SMILES string of the molecule is CNC(=O)[C@H](CO)NC(=O)[C@H](CCC(N)=O)NC(=O)[C@H](CCN(C)C)NC(=O)[C@H](CO)NC(=O)[C@H](CCC(N)=O)NC(=O)[C@@H](CO)NC(=O)CNC(=O)COCCOCCNC(=O)COCCOCCNC(=O)CCCCCCCCCCCCCCCc1nn[nH]n1. The Kier molecular flexibility index (Phi) is 47.4. The number of tetrazole rings is 1. The number of ether oxygens (including phenoxy) is 4. The van der Waals surface area contributed by atoms with Gasteiger partial charge < -0.3 is 104 Å². The van der Waals surface area contributed by atoms with E-state index in [0.717, 1.165) is 37.9 Å². The molecule has 36 heteroatoms. The number of hydrogen-bond acceptors (Lipinski definition) is 23. The smallest absolute Gasteiger partial charge is 0.246 e. The standard InChI is InChI=1S/C57H103N17O19/c1-60-52(84)42(34-75)68-53(85)39(19-21-45(58)78)65-55(87)41(23-26-74(2)3)67-57(89)44(36-77)69-54(86)40(20-22-46(59)79)66-56(88)43(35-76)64-49(81)33-63-51(83)38-93-32-30-91-28-25-62-50(82)37-92-31-29-90-27-24-61-48(80)18-16-14-12-10-8-6-4-5-7-9-11-13-15-17-47-70-72-73-71-47/h39-44,75-77H,4-38H2,1-3H3,(H2,58,78)(H2,59,79)(H,60,84)(H,61,80)(H,62,82)(H,63,83)(H,64,81)(H,65,87)(H,66,88)(H,67,89)(H,68,85)(H,69,86)(H,70,71,72,73)/t39-,40-,41-,42-,43+,44-/m0/s1. The van der Waals surface area contributed by atoms with Crippen molar-refractivity contribution in [3.8, 4) is 0 Å². The van der Waals surface area contributed by atoms with Crippen LogP contribution in [0.2, 0.25) is 0 Å². The lowest BCUT2D eigenvalue weighted by Crippen LogP contribution is -2.61. The molecule has 0 aliphatic rings. The van der Waals surface area contributed by atoms with E-state index in [1.54, 1.807) is 19.0 Å². The van der Waals surface area contributed by atoms with Gasteiger partial charge in [0.15, 0.2) is 5.82 Å². The average molecular weight is 1330 g/mol. The molecule has 12 amide bonds. The number of aliphatic hydroxyl groups excluding tert-OH is 3. The first kappa shape index (κ1) is 83.4. The lowest BCUT2D eigenvalue weighted by atomic mass is 10.0. The molecular weight excluding hydrogens is 1230 g/mol. The molecule has 0 bridgehead atoms. The van der Waals surface area contributed by atoms with Crippen LogP contribution in [0.3, 0.4) is 0 Å². The number of rotatable bonds is 58. The monoisotopic (exact) mass is 1330 g/mol.